The molecule has 0 saturated carbocycles. The molecule has 0 aromatic heterocycles. The van der Waals surface area contributed by atoms with Gasteiger partial charge in [0, 0.05) is 18.7 Å². The van der Waals surface area contributed by atoms with Crippen LogP contribution in [0.2, 0.25) is 0 Å². The molecule has 0 aliphatic heterocycles. The van der Waals surface area contributed by atoms with Gasteiger partial charge in [0.25, 0.3) is 0 Å². The third-order valence-electron chi connectivity index (χ3n) is 2.74. The minimum Gasteiger partial charge on any atom is -0.481 e. The van der Waals surface area contributed by atoms with Gasteiger partial charge < -0.3 is 21.5 Å². The summed E-state index contributed by atoms with van der Waals surface area (Å²) in [4.78, 5) is 33.0. The van der Waals surface area contributed by atoms with Crippen molar-refractivity contribution in [1.82, 2.24) is 5.32 Å². The van der Waals surface area contributed by atoms with Crippen LogP contribution in [-0.2, 0) is 16.0 Å². The average molecular weight is 293 g/mol. The van der Waals surface area contributed by atoms with Crippen LogP contribution < -0.4 is 16.4 Å². The van der Waals surface area contributed by atoms with E-state index < -0.39 is 12.0 Å². The van der Waals surface area contributed by atoms with E-state index >= 15 is 0 Å². The van der Waals surface area contributed by atoms with Gasteiger partial charge >= 0.3 is 12.0 Å². The lowest BCUT2D eigenvalue weighted by Crippen LogP contribution is -2.30. The molecular formula is C14H19N3O4. The molecule has 0 atom stereocenters. The molecule has 5 N–H and O–H groups in total. The van der Waals surface area contributed by atoms with Gasteiger partial charge in [0.15, 0.2) is 0 Å². The fourth-order valence-corrected chi connectivity index (χ4v) is 1.75. The van der Waals surface area contributed by atoms with E-state index in [-0.39, 0.29) is 12.3 Å². The van der Waals surface area contributed by atoms with E-state index in [1.165, 1.54) is 0 Å². The molecule has 1 aromatic carbocycles. The van der Waals surface area contributed by atoms with Crippen LogP contribution in [0.15, 0.2) is 24.3 Å². The predicted molar refractivity (Wildman–Crippen MR) is 77.8 cm³/mol. The Kier molecular flexibility index (Phi) is 6.73. The van der Waals surface area contributed by atoms with Gasteiger partial charge in [-0.2, -0.15) is 0 Å². The van der Waals surface area contributed by atoms with E-state index in [0.29, 0.717) is 37.1 Å². The van der Waals surface area contributed by atoms with Gasteiger partial charge in [0.05, 0.1) is 6.42 Å². The highest BCUT2D eigenvalue weighted by Gasteiger charge is 2.08. The normalized spacial score (nSPS) is 9.90. The number of amides is 3. The number of primary amides is 1. The number of para-hydroxylation sites is 1. The van der Waals surface area contributed by atoms with E-state index in [1.54, 1.807) is 24.3 Å². The van der Waals surface area contributed by atoms with Crippen LogP contribution in [0.5, 0.6) is 0 Å². The maximum Gasteiger partial charge on any atom is 0.319 e. The number of hydrogen-bond acceptors (Lipinski definition) is 3. The van der Waals surface area contributed by atoms with Crippen molar-refractivity contribution in [1.29, 1.82) is 0 Å². The first-order valence-corrected chi connectivity index (χ1v) is 6.62. The van der Waals surface area contributed by atoms with E-state index in [4.69, 9.17) is 10.8 Å². The molecule has 1 aromatic rings. The first-order chi connectivity index (χ1) is 9.99. The van der Waals surface area contributed by atoms with E-state index in [1.807, 2.05) is 0 Å². The van der Waals surface area contributed by atoms with Crippen LogP contribution in [0.3, 0.4) is 0 Å². The Bertz CT molecular complexity index is 517. The van der Waals surface area contributed by atoms with Crippen LogP contribution in [-0.4, -0.2) is 29.6 Å². The Morgan fingerprint density at radius 1 is 1.14 bits per heavy atom. The monoisotopic (exact) mass is 293 g/mol. The molecule has 0 aliphatic carbocycles. The number of hydrogen-bond donors (Lipinski definition) is 4. The Balaban J connectivity index is 2.40. The number of benzene rings is 1. The van der Waals surface area contributed by atoms with Gasteiger partial charge in [-0.05, 0) is 24.5 Å². The molecule has 0 fully saturated rings. The highest BCUT2D eigenvalue weighted by Crippen LogP contribution is 2.15. The van der Waals surface area contributed by atoms with Crippen molar-refractivity contribution in [2.75, 3.05) is 11.9 Å². The average Bonchev–Trinajstić information content (AvgIpc) is 2.39. The first kappa shape index (κ1) is 16.5. The summed E-state index contributed by atoms with van der Waals surface area (Å²) in [6.07, 6.45) is 1.40. The maximum atomic E-state index is 11.7. The Morgan fingerprint density at radius 3 is 2.52 bits per heavy atom. The quantitative estimate of drug-likeness (QED) is 0.536. The summed E-state index contributed by atoms with van der Waals surface area (Å²) in [6, 6.07) is 6.31. The molecule has 0 bridgehead atoms. The second kappa shape index (κ2) is 8.57. The highest BCUT2D eigenvalue weighted by molar-refractivity contribution is 5.90. The van der Waals surface area contributed by atoms with Crippen molar-refractivity contribution in [2.24, 2.45) is 5.73 Å². The molecule has 114 valence electrons. The number of carbonyl (C=O) groups excluding carboxylic acids is 2. The summed E-state index contributed by atoms with van der Waals surface area (Å²) in [5.74, 6) is -1.32. The zero-order valence-corrected chi connectivity index (χ0v) is 11.6. The van der Waals surface area contributed by atoms with Crippen molar-refractivity contribution in [3.05, 3.63) is 29.8 Å². The number of rotatable bonds is 8. The summed E-state index contributed by atoms with van der Waals surface area (Å²) < 4.78 is 0. The van der Waals surface area contributed by atoms with Crippen molar-refractivity contribution >= 4 is 23.6 Å². The topological polar surface area (TPSA) is 122 Å². The summed E-state index contributed by atoms with van der Waals surface area (Å²) in [7, 11) is 0. The van der Waals surface area contributed by atoms with Crippen molar-refractivity contribution in [2.45, 2.75) is 25.7 Å². The predicted octanol–water partition coefficient (Wildman–Crippen LogP) is 1.09. The van der Waals surface area contributed by atoms with Crippen LogP contribution in [0.1, 0.15) is 24.8 Å². The fourth-order valence-electron chi connectivity index (χ4n) is 1.75. The number of aliphatic carboxylic acids is 1. The van der Waals surface area contributed by atoms with Crippen LogP contribution >= 0.6 is 0 Å². The molecule has 1 rings (SSSR count). The first-order valence-electron chi connectivity index (χ1n) is 6.62. The second-order valence-electron chi connectivity index (χ2n) is 4.53. The van der Waals surface area contributed by atoms with Crippen molar-refractivity contribution in [3.63, 3.8) is 0 Å². The lowest BCUT2D eigenvalue weighted by atomic mass is 10.1. The van der Waals surface area contributed by atoms with Gasteiger partial charge in [-0.3, -0.25) is 9.59 Å². The standard InChI is InChI=1S/C14H19N3O4/c15-12(18)7-3-4-8-16-14(21)17-11-6-2-1-5-10(11)9-13(19)20/h1-2,5-6H,3-4,7-9H2,(H2,15,18)(H,19,20)(H2,16,17,21). The number of carboxylic acid groups (broad SMARTS) is 1. The third kappa shape index (κ3) is 6.95. The van der Waals surface area contributed by atoms with Gasteiger partial charge in [-0.15, -0.1) is 0 Å². The highest BCUT2D eigenvalue weighted by atomic mass is 16.4. The Labute approximate surface area is 122 Å². The number of nitrogens with two attached hydrogens (primary N) is 1. The van der Waals surface area contributed by atoms with Crippen molar-refractivity contribution in [3.8, 4) is 0 Å². The zero-order valence-electron chi connectivity index (χ0n) is 11.6. The minimum atomic E-state index is -0.962. The zero-order chi connectivity index (χ0) is 15.7. The van der Waals surface area contributed by atoms with Gasteiger partial charge in [-0.25, -0.2) is 4.79 Å². The molecule has 0 heterocycles. The number of carboxylic acids is 1. The minimum absolute atomic E-state index is 0.158. The summed E-state index contributed by atoms with van der Waals surface area (Å²) in [5, 5.41) is 14.1. The smallest absolute Gasteiger partial charge is 0.319 e. The van der Waals surface area contributed by atoms with E-state index in [9.17, 15) is 14.4 Å². The lowest BCUT2D eigenvalue weighted by Gasteiger charge is -2.10. The second-order valence-corrected chi connectivity index (χ2v) is 4.53. The molecule has 0 saturated heterocycles. The molecule has 0 radical (unpaired) electrons. The summed E-state index contributed by atoms with van der Waals surface area (Å²) in [5.41, 5.74) is 6.01. The SMILES string of the molecule is NC(=O)CCCCNC(=O)Nc1ccccc1CC(=O)O. The molecular weight excluding hydrogens is 274 g/mol. The van der Waals surface area contributed by atoms with Crippen LogP contribution in [0, 0.1) is 0 Å². The lowest BCUT2D eigenvalue weighted by molar-refractivity contribution is -0.136. The van der Waals surface area contributed by atoms with Gasteiger partial charge in [-0.1, -0.05) is 18.2 Å². The maximum absolute atomic E-state index is 11.7. The third-order valence-corrected chi connectivity index (χ3v) is 2.74. The van der Waals surface area contributed by atoms with Crippen molar-refractivity contribution < 1.29 is 19.5 Å². The molecule has 0 spiro atoms. The number of nitrogens with one attached hydrogen (secondary N) is 2. The summed E-state index contributed by atoms with van der Waals surface area (Å²) in [6.45, 7) is 0.417. The number of carbonyl (C=O) groups is 3. The number of unbranched alkanes of at least 4 members (excludes halogenated alkanes) is 1. The van der Waals surface area contributed by atoms with Crippen LogP contribution in [0.4, 0.5) is 10.5 Å². The number of urea groups is 1. The molecule has 7 nitrogen and oxygen atoms in total. The van der Waals surface area contributed by atoms with Gasteiger partial charge in [0.2, 0.25) is 5.91 Å². The summed E-state index contributed by atoms with van der Waals surface area (Å²) >= 11 is 0. The molecule has 0 aliphatic rings. The Morgan fingerprint density at radius 2 is 1.86 bits per heavy atom. The number of anilines is 1. The largest absolute Gasteiger partial charge is 0.481 e. The molecule has 3 amide bonds. The van der Waals surface area contributed by atoms with Crippen LogP contribution in [0.25, 0.3) is 0 Å². The molecule has 7 heteroatoms. The van der Waals surface area contributed by atoms with E-state index in [0.717, 1.165) is 0 Å². The van der Waals surface area contributed by atoms with Gasteiger partial charge in [0.1, 0.15) is 0 Å². The fraction of sp³-hybridized carbons (Fsp3) is 0.357. The van der Waals surface area contributed by atoms with E-state index in [2.05, 4.69) is 10.6 Å². The Hall–Kier alpha value is -2.57. The molecule has 21 heavy (non-hydrogen) atoms. The molecule has 0 unspecified atom stereocenters.